The number of halogens is 1. The molecule has 0 unspecified atom stereocenters. The Balaban J connectivity index is 0. The molecule has 0 aromatic heterocycles. The third-order valence-electron chi connectivity index (χ3n) is 2.16. The first kappa shape index (κ1) is 17.9. The highest BCUT2D eigenvalue weighted by molar-refractivity contribution is 6.17. The van der Waals surface area contributed by atoms with Gasteiger partial charge in [-0.3, -0.25) is 0 Å². The summed E-state index contributed by atoms with van der Waals surface area (Å²) in [6.45, 7) is 5.22. The third-order valence-corrected chi connectivity index (χ3v) is 2.43. The number of unbranched alkanes of at least 4 members (excludes halogenated alkanes) is 7. The summed E-state index contributed by atoms with van der Waals surface area (Å²) < 4.78 is 0. The highest BCUT2D eigenvalue weighted by Crippen LogP contribution is 2.08. The van der Waals surface area contributed by atoms with Crippen LogP contribution in [0.3, 0.4) is 0 Å². The number of alkyl halides is 1. The quantitative estimate of drug-likeness (QED) is 0.367. The molecule has 0 aromatic carbocycles. The van der Waals surface area contributed by atoms with Crippen LogP contribution in [0, 0.1) is 0 Å². The van der Waals surface area contributed by atoms with Crippen molar-refractivity contribution in [3.63, 3.8) is 0 Å². The van der Waals surface area contributed by atoms with Crippen LogP contribution in [0.1, 0.15) is 58.3 Å². The molecule has 0 heterocycles. The first-order chi connectivity index (χ1) is 7.68. The Kier molecular flexibility index (Phi) is 18.9. The fourth-order valence-corrected chi connectivity index (χ4v) is 1.42. The summed E-state index contributed by atoms with van der Waals surface area (Å²) in [6, 6.07) is 0. The zero-order chi connectivity index (χ0) is 12.6. The number of carbonyl (C=O) groups is 1. The predicted octanol–water partition coefficient (Wildman–Crippen LogP) is 4.62. The summed E-state index contributed by atoms with van der Waals surface area (Å²) in [5.74, 6) is -0.139. The second-order valence-electron chi connectivity index (χ2n) is 3.71. The van der Waals surface area contributed by atoms with Crippen molar-refractivity contribution < 1.29 is 9.90 Å². The van der Waals surface area contributed by atoms with E-state index in [0.29, 0.717) is 0 Å². The number of aliphatic carboxylic acids is 1. The molecule has 16 heavy (non-hydrogen) atoms. The van der Waals surface area contributed by atoms with Crippen LogP contribution in [0.15, 0.2) is 12.7 Å². The van der Waals surface area contributed by atoms with Gasteiger partial charge >= 0.3 is 5.97 Å². The van der Waals surface area contributed by atoms with Crippen molar-refractivity contribution in [3.8, 4) is 0 Å². The van der Waals surface area contributed by atoms with Crippen LogP contribution in [0.5, 0.6) is 0 Å². The monoisotopic (exact) mass is 248 g/mol. The summed E-state index contributed by atoms with van der Waals surface area (Å²) in [4.78, 5) is 9.25. The van der Waals surface area contributed by atoms with Gasteiger partial charge in [-0.05, 0) is 6.42 Å². The summed E-state index contributed by atoms with van der Waals surface area (Å²) in [5.41, 5.74) is 0. The van der Waals surface area contributed by atoms with Crippen molar-refractivity contribution in [2.75, 3.05) is 5.88 Å². The van der Waals surface area contributed by atoms with E-state index >= 15 is 0 Å². The Morgan fingerprint density at radius 2 is 1.50 bits per heavy atom. The number of carboxylic acid groups (broad SMARTS) is 1. The Hall–Kier alpha value is -0.500. The zero-order valence-electron chi connectivity index (χ0n) is 10.4. The second-order valence-corrected chi connectivity index (χ2v) is 4.08. The topological polar surface area (TPSA) is 37.3 Å². The molecule has 0 saturated carbocycles. The van der Waals surface area contributed by atoms with Crippen molar-refractivity contribution in [1.82, 2.24) is 0 Å². The van der Waals surface area contributed by atoms with Crippen LogP contribution in [0.2, 0.25) is 0 Å². The highest BCUT2D eigenvalue weighted by atomic mass is 35.5. The predicted molar refractivity (Wildman–Crippen MR) is 71.2 cm³/mol. The minimum Gasteiger partial charge on any atom is -0.478 e. The van der Waals surface area contributed by atoms with Crippen molar-refractivity contribution in [1.29, 1.82) is 0 Å². The fraction of sp³-hybridized carbons (Fsp3) is 0.769. The van der Waals surface area contributed by atoms with Gasteiger partial charge in [0.15, 0.2) is 0 Å². The maximum absolute atomic E-state index is 9.25. The summed E-state index contributed by atoms with van der Waals surface area (Å²) in [6.07, 6.45) is 11.8. The van der Waals surface area contributed by atoms with Crippen LogP contribution in [-0.4, -0.2) is 17.0 Å². The van der Waals surface area contributed by atoms with Crippen LogP contribution >= 0.6 is 11.6 Å². The van der Waals surface area contributed by atoms with Gasteiger partial charge in [-0.25, -0.2) is 4.79 Å². The SMILES string of the molecule is C=CC(=O)O.CCCCCCCCCCCl. The van der Waals surface area contributed by atoms with Gasteiger partial charge in [-0.1, -0.05) is 58.4 Å². The average molecular weight is 249 g/mol. The maximum Gasteiger partial charge on any atom is 0.327 e. The average Bonchev–Trinajstić information content (AvgIpc) is 2.29. The van der Waals surface area contributed by atoms with E-state index in [1.807, 2.05) is 0 Å². The molecule has 0 aliphatic rings. The molecule has 0 aliphatic carbocycles. The van der Waals surface area contributed by atoms with Crippen molar-refractivity contribution in [3.05, 3.63) is 12.7 Å². The number of hydrogen-bond acceptors (Lipinski definition) is 1. The molecule has 2 nitrogen and oxygen atoms in total. The smallest absolute Gasteiger partial charge is 0.327 e. The standard InChI is InChI=1S/C10H21Cl.C3H4O2/c1-2-3-4-5-6-7-8-9-10-11;1-2-3(4)5/h2-10H2,1H3;2H,1H2,(H,4,5). The molecule has 0 aliphatic heterocycles. The molecule has 0 bridgehead atoms. The molecule has 0 aromatic rings. The molecule has 0 spiro atoms. The number of carboxylic acids is 1. The lowest BCUT2D eigenvalue weighted by atomic mass is 10.1. The molecule has 0 rings (SSSR count). The molecular weight excluding hydrogens is 224 g/mol. The molecule has 96 valence electrons. The first-order valence-corrected chi connectivity index (χ1v) is 6.63. The zero-order valence-corrected chi connectivity index (χ0v) is 11.1. The van der Waals surface area contributed by atoms with Crippen LogP contribution < -0.4 is 0 Å². The van der Waals surface area contributed by atoms with Gasteiger partial charge in [0.25, 0.3) is 0 Å². The second kappa shape index (κ2) is 16.9. The van der Waals surface area contributed by atoms with E-state index in [-0.39, 0.29) is 0 Å². The van der Waals surface area contributed by atoms with Crippen LogP contribution in [0.4, 0.5) is 0 Å². The fourth-order valence-electron chi connectivity index (χ4n) is 1.23. The van der Waals surface area contributed by atoms with Gasteiger partial charge in [0, 0.05) is 12.0 Å². The molecule has 0 saturated heterocycles. The molecular formula is C13H25ClO2. The van der Waals surface area contributed by atoms with E-state index in [2.05, 4.69) is 13.5 Å². The Morgan fingerprint density at radius 1 is 1.12 bits per heavy atom. The van der Waals surface area contributed by atoms with Gasteiger partial charge in [0.05, 0.1) is 0 Å². The minimum atomic E-state index is -0.981. The maximum atomic E-state index is 9.25. The highest BCUT2D eigenvalue weighted by Gasteiger charge is 1.89. The summed E-state index contributed by atoms with van der Waals surface area (Å²) in [7, 11) is 0. The van der Waals surface area contributed by atoms with Crippen molar-refractivity contribution in [2.24, 2.45) is 0 Å². The number of hydrogen-bond donors (Lipinski definition) is 1. The van der Waals surface area contributed by atoms with Crippen molar-refractivity contribution in [2.45, 2.75) is 58.3 Å². The Bertz CT molecular complexity index is 150. The lowest BCUT2D eigenvalue weighted by Gasteiger charge is -1.98. The molecule has 0 amide bonds. The van der Waals surface area contributed by atoms with E-state index in [1.54, 1.807) is 0 Å². The Labute approximate surface area is 105 Å². The molecule has 0 atom stereocenters. The molecule has 1 N–H and O–H groups in total. The van der Waals surface area contributed by atoms with E-state index < -0.39 is 5.97 Å². The van der Waals surface area contributed by atoms with Gasteiger partial charge in [-0.2, -0.15) is 0 Å². The van der Waals surface area contributed by atoms with Crippen molar-refractivity contribution >= 4 is 17.6 Å². The normalized spacial score (nSPS) is 9.12. The van der Waals surface area contributed by atoms with E-state index in [4.69, 9.17) is 16.7 Å². The summed E-state index contributed by atoms with van der Waals surface area (Å²) >= 11 is 5.56. The number of rotatable bonds is 9. The van der Waals surface area contributed by atoms with E-state index in [1.165, 1.54) is 51.4 Å². The van der Waals surface area contributed by atoms with Gasteiger partial charge in [0.2, 0.25) is 0 Å². The van der Waals surface area contributed by atoms with Crippen LogP contribution in [0.25, 0.3) is 0 Å². The summed E-state index contributed by atoms with van der Waals surface area (Å²) in [5, 5.41) is 7.60. The Morgan fingerprint density at radius 3 is 1.81 bits per heavy atom. The van der Waals surface area contributed by atoms with Gasteiger partial charge in [-0.15, -0.1) is 11.6 Å². The van der Waals surface area contributed by atoms with Gasteiger partial charge < -0.3 is 5.11 Å². The third kappa shape index (κ3) is 23.4. The lowest BCUT2D eigenvalue weighted by Crippen LogP contribution is -1.82. The lowest BCUT2D eigenvalue weighted by molar-refractivity contribution is -0.131. The largest absolute Gasteiger partial charge is 0.478 e. The molecule has 0 radical (unpaired) electrons. The first-order valence-electron chi connectivity index (χ1n) is 6.10. The van der Waals surface area contributed by atoms with Crippen LogP contribution in [-0.2, 0) is 4.79 Å². The van der Waals surface area contributed by atoms with Gasteiger partial charge in [0.1, 0.15) is 0 Å². The van der Waals surface area contributed by atoms with E-state index in [9.17, 15) is 4.79 Å². The molecule has 3 heteroatoms. The molecule has 0 fully saturated rings. The van der Waals surface area contributed by atoms with E-state index in [0.717, 1.165) is 12.0 Å². The minimum absolute atomic E-state index is 0.833.